The molecule has 7 nitrogen and oxygen atoms in total. The summed E-state index contributed by atoms with van der Waals surface area (Å²) in [5, 5.41) is 13.9. The lowest BCUT2D eigenvalue weighted by Gasteiger charge is -2.29. The van der Waals surface area contributed by atoms with Crippen molar-refractivity contribution in [2.24, 2.45) is 0 Å². The molecular formula is C25H31F2N3O4. The molecule has 0 bridgehead atoms. The van der Waals surface area contributed by atoms with Gasteiger partial charge in [0.2, 0.25) is 0 Å². The lowest BCUT2D eigenvalue weighted by Crippen LogP contribution is -2.40. The Labute approximate surface area is 198 Å². The molecule has 0 aliphatic heterocycles. The normalized spacial score (nSPS) is 13.1. The Bertz CT molecular complexity index is 1130. The van der Waals surface area contributed by atoms with Crippen molar-refractivity contribution in [2.45, 2.75) is 45.3 Å². The van der Waals surface area contributed by atoms with Crippen molar-refractivity contribution in [3.63, 3.8) is 0 Å². The predicted octanol–water partition coefficient (Wildman–Crippen LogP) is 5.01. The monoisotopic (exact) mass is 475 g/mol. The highest BCUT2D eigenvalue weighted by molar-refractivity contribution is 5.92. The fourth-order valence-electron chi connectivity index (χ4n) is 3.49. The molecule has 0 aliphatic rings. The summed E-state index contributed by atoms with van der Waals surface area (Å²) in [7, 11) is 3.16. The van der Waals surface area contributed by atoms with E-state index in [2.05, 4.69) is 15.3 Å². The van der Waals surface area contributed by atoms with Crippen LogP contribution >= 0.6 is 0 Å². The fraction of sp³-hybridized carbons (Fsp3) is 0.440. The first kappa shape index (κ1) is 25.6. The molecule has 1 atom stereocenters. The van der Waals surface area contributed by atoms with Crippen molar-refractivity contribution in [1.82, 2.24) is 9.97 Å². The van der Waals surface area contributed by atoms with E-state index in [0.717, 1.165) is 24.8 Å². The van der Waals surface area contributed by atoms with Crippen molar-refractivity contribution >= 4 is 16.7 Å². The molecule has 0 saturated carbocycles. The van der Waals surface area contributed by atoms with Gasteiger partial charge in [-0.1, -0.05) is 24.3 Å². The summed E-state index contributed by atoms with van der Waals surface area (Å²) >= 11 is 0. The van der Waals surface area contributed by atoms with Crippen LogP contribution in [0, 0.1) is 6.92 Å². The van der Waals surface area contributed by atoms with Crippen LogP contribution in [0.5, 0.6) is 11.5 Å². The van der Waals surface area contributed by atoms with E-state index in [4.69, 9.17) is 14.2 Å². The summed E-state index contributed by atoms with van der Waals surface area (Å²) in [5.41, 5.74) is -0.952. The lowest BCUT2D eigenvalue weighted by molar-refractivity contribution is -0.168. The summed E-state index contributed by atoms with van der Waals surface area (Å²) in [6, 6.07) is 9.25. The van der Waals surface area contributed by atoms with E-state index in [1.807, 2.05) is 13.0 Å². The highest BCUT2D eigenvalue weighted by atomic mass is 19.3. The molecule has 1 unspecified atom stereocenters. The SMILES string of the molecule is COCCOc1cc2c(NC(C)c3ccc(C(F)(F)C(C)(C)O)cc3)nc(C)nc2cc1OC. The molecule has 184 valence electrons. The minimum atomic E-state index is -3.37. The maximum Gasteiger partial charge on any atom is 0.300 e. The summed E-state index contributed by atoms with van der Waals surface area (Å²) < 4.78 is 45.2. The summed E-state index contributed by atoms with van der Waals surface area (Å²) in [4.78, 5) is 9.06. The van der Waals surface area contributed by atoms with Gasteiger partial charge in [-0.2, -0.15) is 8.78 Å². The number of anilines is 1. The molecule has 2 N–H and O–H groups in total. The third-order valence-corrected chi connectivity index (χ3v) is 5.53. The van der Waals surface area contributed by atoms with E-state index in [0.29, 0.717) is 41.9 Å². The van der Waals surface area contributed by atoms with Crippen LogP contribution in [0.4, 0.5) is 14.6 Å². The van der Waals surface area contributed by atoms with Gasteiger partial charge in [-0.15, -0.1) is 0 Å². The quantitative estimate of drug-likeness (QED) is 0.399. The zero-order valence-electron chi connectivity index (χ0n) is 20.3. The molecule has 0 radical (unpaired) electrons. The number of benzene rings is 2. The molecule has 0 saturated heterocycles. The van der Waals surface area contributed by atoms with E-state index in [1.54, 1.807) is 39.3 Å². The Balaban J connectivity index is 1.92. The molecule has 0 fully saturated rings. The largest absolute Gasteiger partial charge is 0.493 e. The second-order valence-electron chi connectivity index (χ2n) is 8.60. The van der Waals surface area contributed by atoms with E-state index >= 15 is 0 Å². The number of aryl methyl sites for hydroxylation is 1. The number of aliphatic hydroxyl groups is 1. The van der Waals surface area contributed by atoms with Crippen molar-refractivity contribution in [1.29, 1.82) is 0 Å². The van der Waals surface area contributed by atoms with E-state index in [-0.39, 0.29) is 11.6 Å². The van der Waals surface area contributed by atoms with Gasteiger partial charge in [0, 0.05) is 30.2 Å². The topological polar surface area (TPSA) is 85.7 Å². The number of methoxy groups -OCH3 is 2. The zero-order valence-corrected chi connectivity index (χ0v) is 20.3. The van der Waals surface area contributed by atoms with Gasteiger partial charge in [0.1, 0.15) is 23.9 Å². The standard InChI is InChI=1S/C25H31F2N3O4/c1-15(17-7-9-18(10-8-17)25(26,27)24(3,4)31)28-23-19-13-22(34-12-11-32-5)21(33-6)14-20(19)29-16(2)30-23/h7-10,13-15,31H,11-12H2,1-6H3,(H,28,29,30). The number of halogens is 2. The molecule has 0 amide bonds. The van der Waals surface area contributed by atoms with Crippen molar-refractivity contribution < 1.29 is 28.1 Å². The summed E-state index contributed by atoms with van der Waals surface area (Å²) in [5.74, 6) is -1.14. The summed E-state index contributed by atoms with van der Waals surface area (Å²) in [6.45, 7) is 6.66. The van der Waals surface area contributed by atoms with Gasteiger partial charge in [0.05, 0.1) is 19.2 Å². The maximum atomic E-state index is 14.5. The Morgan fingerprint density at radius 1 is 1.03 bits per heavy atom. The summed E-state index contributed by atoms with van der Waals surface area (Å²) in [6.07, 6.45) is 0. The Hall–Kier alpha value is -3.04. The maximum absolute atomic E-state index is 14.5. The number of aromatic nitrogens is 2. The number of nitrogens with one attached hydrogen (secondary N) is 1. The van der Waals surface area contributed by atoms with Gasteiger partial charge in [-0.3, -0.25) is 0 Å². The average molecular weight is 476 g/mol. The average Bonchev–Trinajstić information content (AvgIpc) is 2.78. The van der Waals surface area contributed by atoms with Crippen LogP contribution in [-0.4, -0.2) is 48.1 Å². The lowest BCUT2D eigenvalue weighted by atomic mass is 9.92. The minimum absolute atomic E-state index is 0.246. The van der Waals surface area contributed by atoms with Crippen LogP contribution < -0.4 is 14.8 Å². The van der Waals surface area contributed by atoms with Crippen LogP contribution in [0.1, 0.15) is 43.8 Å². The Morgan fingerprint density at radius 2 is 1.71 bits per heavy atom. The molecule has 2 aromatic carbocycles. The van der Waals surface area contributed by atoms with Gasteiger partial charge >= 0.3 is 5.92 Å². The molecule has 34 heavy (non-hydrogen) atoms. The molecule has 1 heterocycles. The predicted molar refractivity (Wildman–Crippen MR) is 127 cm³/mol. The Morgan fingerprint density at radius 3 is 2.29 bits per heavy atom. The van der Waals surface area contributed by atoms with Crippen LogP contribution in [-0.2, 0) is 10.7 Å². The second kappa shape index (κ2) is 10.1. The van der Waals surface area contributed by atoms with Gasteiger partial charge < -0.3 is 24.6 Å². The Kier molecular flexibility index (Phi) is 7.57. The number of alkyl halides is 2. The molecule has 0 spiro atoms. The minimum Gasteiger partial charge on any atom is -0.493 e. The van der Waals surface area contributed by atoms with Crippen LogP contribution in [0.25, 0.3) is 10.9 Å². The number of fused-ring (bicyclic) bond motifs is 1. The van der Waals surface area contributed by atoms with Crippen molar-refractivity contribution in [3.05, 3.63) is 53.3 Å². The van der Waals surface area contributed by atoms with Gasteiger partial charge in [-0.05, 0) is 39.3 Å². The van der Waals surface area contributed by atoms with Crippen molar-refractivity contribution in [3.8, 4) is 11.5 Å². The highest BCUT2D eigenvalue weighted by Gasteiger charge is 2.46. The number of rotatable bonds is 10. The van der Waals surface area contributed by atoms with Crippen LogP contribution in [0.3, 0.4) is 0 Å². The zero-order chi connectivity index (χ0) is 25.1. The van der Waals surface area contributed by atoms with Gasteiger partial charge in [-0.25, -0.2) is 9.97 Å². The van der Waals surface area contributed by atoms with E-state index < -0.39 is 11.5 Å². The smallest absolute Gasteiger partial charge is 0.300 e. The van der Waals surface area contributed by atoms with E-state index in [9.17, 15) is 13.9 Å². The van der Waals surface area contributed by atoms with Crippen LogP contribution in [0.15, 0.2) is 36.4 Å². The highest BCUT2D eigenvalue weighted by Crippen LogP contribution is 2.39. The number of nitrogens with zero attached hydrogens (tertiary/aromatic N) is 2. The molecule has 0 aliphatic carbocycles. The fourth-order valence-corrected chi connectivity index (χ4v) is 3.49. The number of hydrogen-bond donors (Lipinski definition) is 2. The van der Waals surface area contributed by atoms with Crippen LogP contribution in [0.2, 0.25) is 0 Å². The second-order valence-corrected chi connectivity index (χ2v) is 8.60. The first-order chi connectivity index (χ1) is 16.0. The van der Waals surface area contributed by atoms with Gasteiger partial charge in [0.15, 0.2) is 11.5 Å². The first-order valence-corrected chi connectivity index (χ1v) is 10.9. The molecule has 9 heteroatoms. The number of ether oxygens (including phenoxy) is 3. The third-order valence-electron chi connectivity index (χ3n) is 5.53. The molecule has 1 aromatic heterocycles. The number of hydrogen-bond acceptors (Lipinski definition) is 7. The molecule has 3 aromatic rings. The molecular weight excluding hydrogens is 444 g/mol. The molecule has 3 rings (SSSR count). The van der Waals surface area contributed by atoms with Gasteiger partial charge in [0.25, 0.3) is 0 Å². The van der Waals surface area contributed by atoms with E-state index in [1.165, 1.54) is 12.1 Å². The van der Waals surface area contributed by atoms with Crippen molar-refractivity contribution in [2.75, 3.05) is 32.8 Å². The first-order valence-electron chi connectivity index (χ1n) is 10.9. The third kappa shape index (κ3) is 5.37.